The zero-order valence-corrected chi connectivity index (χ0v) is 15.5. The van der Waals surface area contributed by atoms with Gasteiger partial charge in [0.05, 0.1) is 11.9 Å². The number of hydrogen-bond acceptors (Lipinski definition) is 5. The average Bonchev–Trinajstić information content (AvgIpc) is 3.11. The number of H-pyrrole nitrogens is 1. The number of rotatable bonds is 5. The number of thioether (sulfide) groups is 1. The summed E-state index contributed by atoms with van der Waals surface area (Å²) in [4.78, 5) is 19.5. The summed E-state index contributed by atoms with van der Waals surface area (Å²) in [7, 11) is 0. The van der Waals surface area contributed by atoms with Crippen molar-refractivity contribution in [2.45, 2.75) is 17.3 Å². The van der Waals surface area contributed by atoms with Crippen LogP contribution in [-0.2, 0) is 5.75 Å². The maximum Gasteiger partial charge on any atom is 0.573 e. The van der Waals surface area contributed by atoms with Gasteiger partial charge in [0.15, 0.2) is 10.8 Å². The molecular formula is C19H13F3N4O2S. The largest absolute Gasteiger partial charge is 0.573 e. The highest BCUT2D eigenvalue weighted by molar-refractivity contribution is 7.98. The van der Waals surface area contributed by atoms with Crippen molar-refractivity contribution in [3.8, 4) is 11.4 Å². The van der Waals surface area contributed by atoms with E-state index in [9.17, 15) is 18.0 Å². The van der Waals surface area contributed by atoms with Gasteiger partial charge in [-0.15, -0.1) is 13.2 Å². The number of aromatic nitrogens is 4. The van der Waals surface area contributed by atoms with Gasteiger partial charge in [0.1, 0.15) is 11.1 Å². The van der Waals surface area contributed by atoms with Crippen molar-refractivity contribution in [3.63, 3.8) is 0 Å². The molecule has 4 aromatic rings. The monoisotopic (exact) mass is 418 g/mol. The molecular weight excluding hydrogens is 405 g/mol. The van der Waals surface area contributed by atoms with Crippen LogP contribution in [0.5, 0.6) is 5.75 Å². The van der Waals surface area contributed by atoms with E-state index in [-0.39, 0.29) is 11.3 Å². The normalized spacial score (nSPS) is 11.7. The minimum absolute atomic E-state index is 0.286. The Morgan fingerprint density at radius 1 is 1.07 bits per heavy atom. The zero-order valence-electron chi connectivity index (χ0n) is 14.7. The van der Waals surface area contributed by atoms with Crippen molar-refractivity contribution < 1.29 is 17.9 Å². The van der Waals surface area contributed by atoms with E-state index < -0.39 is 6.36 Å². The summed E-state index contributed by atoms with van der Waals surface area (Å²) in [5.41, 5.74) is 1.64. The van der Waals surface area contributed by atoms with Crippen molar-refractivity contribution in [2.24, 2.45) is 0 Å². The molecule has 2 aromatic carbocycles. The van der Waals surface area contributed by atoms with E-state index in [1.807, 2.05) is 30.3 Å². The summed E-state index contributed by atoms with van der Waals surface area (Å²) in [6.07, 6.45) is -3.27. The van der Waals surface area contributed by atoms with Gasteiger partial charge >= 0.3 is 6.36 Å². The van der Waals surface area contributed by atoms with E-state index in [0.717, 1.165) is 11.3 Å². The van der Waals surface area contributed by atoms with Gasteiger partial charge in [0, 0.05) is 5.75 Å². The number of ether oxygens (including phenoxy) is 1. The van der Waals surface area contributed by atoms with Crippen LogP contribution in [0.25, 0.3) is 16.7 Å². The third kappa shape index (κ3) is 4.43. The molecule has 0 saturated carbocycles. The molecule has 2 heterocycles. The summed E-state index contributed by atoms with van der Waals surface area (Å²) in [5.74, 6) is 0.117. The van der Waals surface area contributed by atoms with Crippen LogP contribution >= 0.6 is 11.8 Å². The number of halogens is 3. The van der Waals surface area contributed by atoms with E-state index in [4.69, 9.17) is 0 Å². The Morgan fingerprint density at radius 2 is 1.79 bits per heavy atom. The number of nitrogens with zero attached hydrogens (tertiary/aromatic N) is 3. The van der Waals surface area contributed by atoms with Gasteiger partial charge in [-0.05, 0) is 29.8 Å². The van der Waals surface area contributed by atoms with Gasteiger partial charge in [-0.2, -0.15) is 5.10 Å². The molecule has 0 aliphatic carbocycles. The second-order valence-electron chi connectivity index (χ2n) is 5.98. The lowest BCUT2D eigenvalue weighted by molar-refractivity contribution is -0.274. The molecule has 0 aliphatic rings. The summed E-state index contributed by atoms with van der Waals surface area (Å²) >= 11 is 1.26. The van der Waals surface area contributed by atoms with Crippen LogP contribution in [0.4, 0.5) is 13.2 Å². The molecule has 10 heteroatoms. The SMILES string of the molecule is O=c1[nH]c(SCc2ccc(OC(F)(F)F)cc2)nc2c1cnn2-c1ccccc1. The second kappa shape index (κ2) is 7.63. The van der Waals surface area contributed by atoms with Gasteiger partial charge in [-0.25, -0.2) is 9.67 Å². The molecule has 2 aromatic heterocycles. The third-order valence-electron chi connectivity index (χ3n) is 3.95. The van der Waals surface area contributed by atoms with Crippen molar-refractivity contribution in [1.82, 2.24) is 19.7 Å². The fraction of sp³-hybridized carbons (Fsp3) is 0.105. The van der Waals surface area contributed by atoms with Crippen molar-refractivity contribution in [2.75, 3.05) is 0 Å². The molecule has 4 rings (SSSR count). The molecule has 0 unspecified atom stereocenters. The van der Waals surface area contributed by atoms with Crippen molar-refractivity contribution >= 4 is 22.8 Å². The maximum atomic E-state index is 12.3. The molecule has 0 amide bonds. The molecule has 0 saturated heterocycles. The first-order valence-electron chi connectivity index (χ1n) is 8.40. The van der Waals surface area contributed by atoms with Crippen LogP contribution < -0.4 is 10.3 Å². The van der Waals surface area contributed by atoms with Crippen LogP contribution in [-0.4, -0.2) is 26.1 Å². The fourth-order valence-corrected chi connectivity index (χ4v) is 3.48. The minimum atomic E-state index is -4.73. The summed E-state index contributed by atoms with van der Waals surface area (Å²) < 4.78 is 42.1. The zero-order chi connectivity index (χ0) is 20.4. The van der Waals surface area contributed by atoms with Crippen molar-refractivity contribution in [3.05, 3.63) is 76.7 Å². The first-order chi connectivity index (χ1) is 13.9. The van der Waals surface area contributed by atoms with E-state index in [1.54, 1.807) is 4.68 Å². The molecule has 0 spiro atoms. The van der Waals surface area contributed by atoms with Gasteiger partial charge in [0.2, 0.25) is 0 Å². The van der Waals surface area contributed by atoms with Gasteiger partial charge < -0.3 is 9.72 Å². The Balaban J connectivity index is 1.55. The Morgan fingerprint density at radius 3 is 2.48 bits per heavy atom. The number of alkyl halides is 3. The summed E-state index contributed by atoms with van der Waals surface area (Å²) in [5, 5.41) is 5.00. The highest BCUT2D eigenvalue weighted by Gasteiger charge is 2.30. The summed E-state index contributed by atoms with van der Waals surface area (Å²) in [6, 6.07) is 14.8. The number of fused-ring (bicyclic) bond motifs is 1. The number of para-hydroxylation sites is 1. The maximum absolute atomic E-state index is 12.3. The van der Waals surface area contributed by atoms with E-state index in [0.29, 0.717) is 21.9 Å². The third-order valence-corrected chi connectivity index (χ3v) is 4.89. The molecule has 6 nitrogen and oxygen atoms in total. The first kappa shape index (κ1) is 19.1. The van der Waals surface area contributed by atoms with E-state index in [2.05, 4.69) is 19.8 Å². The highest BCUT2D eigenvalue weighted by Crippen LogP contribution is 2.25. The Hall–Kier alpha value is -3.27. The fourth-order valence-electron chi connectivity index (χ4n) is 2.66. The molecule has 29 heavy (non-hydrogen) atoms. The predicted octanol–water partition coefficient (Wildman–Crippen LogP) is 4.30. The Kier molecular flexibility index (Phi) is 5.01. The topological polar surface area (TPSA) is 72.8 Å². The Labute approximate surface area is 166 Å². The molecule has 1 N–H and O–H groups in total. The smallest absolute Gasteiger partial charge is 0.406 e. The predicted molar refractivity (Wildman–Crippen MR) is 102 cm³/mol. The number of nitrogens with one attached hydrogen (secondary N) is 1. The molecule has 0 radical (unpaired) electrons. The lowest BCUT2D eigenvalue weighted by atomic mass is 10.2. The first-order valence-corrected chi connectivity index (χ1v) is 9.38. The lowest BCUT2D eigenvalue weighted by Gasteiger charge is -2.09. The van der Waals surface area contributed by atoms with Crippen LogP contribution in [0, 0.1) is 0 Å². The average molecular weight is 418 g/mol. The van der Waals surface area contributed by atoms with E-state index >= 15 is 0 Å². The number of hydrogen-bond donors (Lipinski definition) is 1. The van der Waals surface area contributed by atoms with Crippen LogP contribution in [0.2, 0.25) is 0 Å². The van der Waals surface area contributed by atoms with Crippen LogP contribution in [0.15, 0.2) is 70.7 Å². The lowest BCUT2D eigenvalue weighted by Crippen LogP contribution is -2.17. The van der Waals surface area contributed by atoms with Crippen molar-refractivity contribution in [1.29, 1.82) is 0 Å². The standard InChI is InChI=1S/C19H13F3N4O2S/c20-19(21,22)28-14-8-6-12(7-9-14)11-29-18-24-16-15(17(27)25-18)10-23-26(16)13-4-2-1-3-5-13/h1-10H,11H2,(H,24,25,27). The molecule has 148 valence electrons. The summed E-state index contributed by atoms with van der Waals surface area (Å²) in [6.45, 7) is 0. The van der Waals surface area contributed by atoms with Gasteiger partial charge in [-0.1, -0.05) is 42.1 Å². The molecule has 0 bridgehead atoms. The van der Waals surface area contributed by atoms with Gasteiger partial charge in [0.25, 0.3) is 5.56 Å². The Bertz CT molecular complexity index is 1190. The number of aromatic amines is 1. The number of benzene rings is 2. The second-order valence-corrected chi connectivity index (χ2v) is 6.94. The minimum Gasteiger partial charge on any atom is -0.406 e. The molecule has 0 atom stereocenters. The van der Waals surface area contributed by atoms with E-state index in [1.165, 1.54) is 42.2 Å². The molecule has 0 fully saturated rings. The van der Waals surface area contributed by atoms with Crippen LogP contribution in [0.3, 0.4) is 0 Å². The van der Waals surface area contributed by atoms with Gasteiger partial charge in [-0.3, -0.25) is 4.79 Å². The molecule has 0 aliphatic heterocycles. The highest BCUT2D eigenvalue weighted by atomic mass is 32.2. The van der Waals surface area contributed by atoms with Crippen LogP contribution in [0.1, 0.15) is 5.56 Å². The quantitative estimate of drug-likeness (QED) is 0.387.